The molecule has 0 aromatic heterocycles. The molecule has 4 heteroatoms. The molecule has 0 aliphatic rings. The van der Waals surface area contributed by atoms with Crippen molar-refractivity contribution in [3.63, 3.8) is 0 Å². The van der Waals surface area contributed by atoms with Crippen molar-refractivity contribution < 1.29 is 9.90 Å². The highest BCUT2D eigenvalue weighted by molar-refractivity contribution is 5.76. The monoisotopic (exact) mass is 264 g/mol. The van der Waals surface area contributed by atoms with Gasteiger partial charge in [-0.3, -0.25) is 4.79 Å². The van der Waals surface area contributed by atoms with Gasteiger partial charge in [0.05, 0.1) is 12.5 Å². The predicted molar refractivity (Wildman–Crippen MR) is 76.8 cm³/mol. The van der Waals surface area contributed by atoms with Crippen molar-refractivity contribution in [1.82, 2.24) is 10.2 Å². The van der Waals surface area contributed by atoms with Crippen LogP contribution in [0.15, 0.2) is 30.3 Å². The van der Waals surface area contributed by atoms with Gasteiger partial charge in [0.2, 0.25) is 5.91 Å². The Hall–Kier alpha value is -1.39. The summed E-state index contributed by atoms with van der Waals surface area (Å²) in [5.74, 6) is -0.117. The maximum Gasteiger partial charge on any atom is 0.223 e. The van der Waals surface area contributed by atoms with Gasteiger partial charge in [-0.05, 0) is 26.5 Å². The Bertz CT molecular complexity index is 379. The summed E-state index contributed by atoms with van der Waals surface area (Å²) in [6.07, 6.45) is -0.626. The highest BCUT2D eigenvalue weighted by Crippen LogP contribution is 2.15. The van der Waals surface area contributed by atoms with E-state index in [1.54, 1.807) is 0 Å². The number of nitrogens with one attached hydrogen (secondary N) is 1. The zero-order chi connectivity index (χ0) is 14.3. The highest BCUT2D eigenvalue weighted by atomic mass is 16.3. The minimum Gasteiger partial charge on any atom is -0.388 e. The van der Waals surface area contributed by atoms with E-state index in [2.05, 4.69) is 24.1 Å². The molecule has 1 aromatic carbocycles. The number of hydrogen-bond acceptors (Lipinski definition) is 3. The second kappa shape index (κ2) is 7.92. The first-order valence-electron chi connectivity index (χ1n) is 6.70. The van der Waals surface area contributed by atoms with Crippen molar-refractivity contribution in [2.45, 2.75) is 32.4 Å². The summed E-state index contributed by atoms with van der Waals surface area (Å²) in [5.41, 5.74) is 0.775. The Morgan fingerprint density at radius 1 is 1.32 bits per heavy atom. The van der Waals surface area contributed by atoms with E-state index in [-0.39, 0.29) is 12.3 Å². The fraction of sp³-hybridized carbons (Fsp3) is 0.533. The minimum atomic E-state index is -0.732. The highest BCUT2D eigenvalue weighted by Gasteiger charge is 2.12. The van der Waals surface area contributed by atoms with Gasteiger partial charge < -0.3 is 15.3 Å². The number of benzene rings is 1. The molecule has 0 aliphatic carbocycles. The van der Waals surface area contributed by atoms with Crippen LogP contribution in [-0.4, -0.2) is 42.1 Å². The molecule has 1 unspecified atom stereocenters. The maximum absolute atomic E-state index is 11.7. The zero-order valence-electron chi connectivity index (χ0n) is 12.0. The van der Waals surface area contributed by atoms with Crippen LogP contribution >= 0.6 is 0 Å². The maximum atomic E-state index is 11.7. The molecule has 1 amide bonds. The number of nitrogens with zero attached hydrogens (tertiary/aromatic N) is 1. The Morgan fingerprint density at radius 3 is 2.53 bits per heavy atom. The zero-order valence-corrected chi connectivity index (χ0v) is 12.0. The Balaban J connectivity index is 2.28. The van der Waals surface area contributed by atoms with Crippen molar-refractivity contribution in [2.24, 2.45) is 0 Å². The van der Waals surface area contributed by atoms with Crippen molar-refractivity contribution >= 4 is 5.91 Å². The average molecular weight is 264 g/mol. The molecule has 1 rings (SSSR count). The molecule has 0 aliphatic heterocycles. The molecule has 0 heterocycles. The summed E-state index contributed by atoms with van der Waals surface area (Å²) < 4.78 is 0. The van der Waals surface area contributed by atoms with Gasteiger partial charge in [0, 0.05) is 19.1 Å². The average Bonchev–Trinajstić information content (AvgIpc) is 2.39. The van der Waals surface area contributed by atoms with Crippen molar-refractivity contribution in [2.75, 3.05) is 20.1 Å². The normalized spacial score (nSPS) is 12.7. The summed E-state index contributed by atoms with van der Waals surface area (Å²) >= 11 is 0. The van der Waals surface area contributed by atoms with Gasteiger partial charge in [-0.15, -0.1) is 0 Å². The second-order valence-electron chi connectivity index (χ2n) is 5.05. The van der Waals surface area contributed by atoms with Crippen molar-refractivity contribution in [3.8, 4) is 0 Å². The molecule has 0 spiro atoms. The smallest absolute Gasteiger partial charge is 0.223 e. The van der Waals surface area contributed by atoms with Crippen LogP contribution in [0, 0.1) is 0 Å². The van der Waals surface area contributed by atoms with Crippen LogP contribution in [0.1, 0.15) is 31.9 Å². The van der Waals surface area contributed by atoms with Crippen LogP contribution in [0.4, 0.5) is 0 Å². The molecule has 4 nitrogen and oxygen atoms in total. The topological polar surface area (TPSA) is 52.6 Å². The summed E-state index contributed by atoms with van der Waals surface area (Å²) in [5, 5.41) is 12.7. The van der Waals surface area contributed by atoms with Gasteiger partial charge in [-0.1, -0.05) is 30.3 Å². The van der Waals surface area contributed by atoms with E-state index in [9.17, 15) is 9.90 Å². The predicted octanol–water partition coefficient (Wildman–Crippen LogP) is 1.57. The first-order chi connectivity index (χ1) is 9.00. The molecule has 1 aromatic rings. The lowest BCUT2D eigenvalue weighted by molar-refractivity contribution is -0.123. The van der Waals surface area contributed by atoms with Gasteiger partial charge in [-0.25, -0.2) is 0 Å². The van der Waals surface area contributed by atoms with Gasteiger partial charge in [0.1, 0.15) is 0 Å². The number of carbonyl (C=O) groups excluding carboxylic acids is 1. The van der Waals surface area contributed by atoms with Crippen LogP contribution in [0.5, 0.6) is 0 Å². The Kier molecular flexibility index (Phi) is 6.53. The second-order valence-corrected chi connectivity index (χ2v) is 5.05. The third kappa shape index (κ3) is 5.85. The lowest BCUT2D eigenvalue weighted by Gasteiger charge is -2.21. The summed E-state index contributed by atoms with van der Waals surface area (Å²) in [6, 6.07) is 9.71. The molecule has 0 saturated carbocycles. The molecule has 0 fully saturated rings. The fourth-order valence-corrected chi connectivity index (χ4v) is 1.67. The van der Waals surface area contributed by atoms with Crippen LogP contribution in [0.2, 0.25) is 0 Å². The molecule has 0 saturated heterocycles. The number of rotatable bonds is 7. The summed E-state index contributed by atoms with van der Waals surface area (Å²) in [7, 11) is 2.02. The Labute approximate surface area is 115 Å². The van der Waals surface area contributed by atoms with Gasteiger partial charge in [0.15, 0.2) is 0 Å². The largest absolute Gasteiger partial charge is 0.388 e. The van der Waals surface area contributed by atoms with Gasteiger partial charge in [-0.2, -0.15) is 0 Å². The van der Waals surface area contributed by atoms with Crippen LogP contribution in [-0.2, 0) is 4.79 Å². The molecule has 2 N–H and O–H groups in total. The standard InChI is InChI=1S/C15H24N2O2/c1-12(2)17(3)10-9-16-15(19)11-14(18)13-7-5-4-6-8-13/h4-8,12,14,18H,9-11H2,1-3H3,(H,16,19). The molecular formula is C15H24N2O2. The van der Waals surface area contributed by atoms with E-state index in [0.717, 1.165) is 12.1 Å². The third-order valence-electron chi connectivity index (χ3n) is 3.23. The van der Waals surface area contributed by atoms with E-state index in [4.69, 9.17) is 0 Å². The number of likely N-dealkylation sites (N-methyl/N-ethyl adjacent to an activating group) is 1. The first-order valence-corrected chi connectivity index (χ1v) is 6.70. The molecular weight excluding hydrogens is 240 g/mol. The van der Waals surface area contributed by atoms with Crippen molar-refractivity contribution in [3.05, 3.63) is 35.9 Å². The minimum absolute atomic E-state index is 0.107. The SMILES string of the molecule is CC(C)N(C)CCNC(=O)CC(O)c1ccccc1. The summed E-state index contributed by atoms with van der Waals surface area (Å²) in [6.45, 7) is 5.64. The first kappa shape index (κ1) is 15.7. The lowest BCUT2D eigenvalue weighted by Crippen LogP contribution is -2.36. The number of amides is 1. The van der Waals surface area contributed by atoms with Crippen molar-refractivity contribution in [1.29, 1.82) is 0 Å². The number of aliphatic hydroxyl groups is 1. The van der Waals surface area contributed by atoms with E-state index < -0.39 is 6.10 Å². The van der Waals surface area contributed by atoms with Crippen LogP contribution in [0.25, 0.3) is 0 Å². The Morgan fingerprint density at radius 2 is 1.95 bits per heavy atom. The number of hydrogen-bond donors (Lipinski definition) is 2. The van der Waals surface area contributed by atoms with E-state index in [1.165, 1.54) is 0 Å². The molecule has 0 bridgehead atoms. The van der Waals surface area contributed by atoms with E-state index in [0.29, 0.717) is 12.6 Å². The number of carbonyl (C=O) groups is 1. The van der Waals surface area contributed by atoms with Crippen LogP contribution in [0.3, 0.4) is 0 Å². The fourth-order valence-electron chi connectivity index (χ4n) is 1.67. The number of aliphatic hydroxyl groups excluding tert-OH is 1. The summed E-state index contributed by atoms with van der Waals surface area (Å²) in [4.78, 5) is 13.8. The molecule has 19 heavy (non-hydrogen) atoms. The van der Waals surface area contributed by atoms with E-state index in [1.807, 2.05) is 37.4 Å². The lowest BCUT2D eigenvalue weighted by atomic mass is 10.1. The van der Waals surface area contributed by atoms with Crippen LogP contribution < -0.4 is 5.32 Å². The molecule has 106 valence electrons. The molecule has 0 radical (unpaired) electrons. The third-order valence-corrected chi connectivity index (χ3v) is 3.23. The van der Waals surface area contributed by atoms with E-state index >= 15 is 0 Å². The van der Waals surface area contributed by atoms with Gasteiger partial charge in [0.25, 0.3) is 0 Å². The quantitative estimate of drug-likeness (QED) is 0.786. The van der Waals surface area contributed by atoms with Gasteiger partial charge >= 0.3 is 0 Å². The molecule has 1 atom stereocenters.